The van der Waals surface area contributed by atoms with Gasteiger partial charge in [0.05, 0.1) is 0 Å². The van der Waals surface area contributed by atoms with Crippen molar-refractivity contribution < 1.29 is 9.90 Å². The Hall–Kier alpha value is -0.280. The van der Waals surface area contributed by atoms with Crippen LogP contribution in [0.4, 0.5) is 0 Å². The van der Waals surface area contributed by atoms with E-state index in [2.05, 4.69) is 13.8 Å². The molecule has 0 fully saturated rings. The second-order valence-electron chi connectivity index (χ2n) is 3.42. The van der Waals surface area contributed by atoms with Crippen molar-refractivity contribution in [2.24, 2.45) is 5.92 Å². The highest BCUT2D eigenvalue weighted by atomic mass is 35.5. The Balaban J connectivity index is 3.68. The summed E-state index contributed by atoms with van der Waals surface area (Å²) in [5, 5.41) is 7.71. The topological polar surface area (TPSA) is 40.5 Å². The SMILES string of the molecule is CC(C)CN(C)CC(Cl)C(=O)O. The van der Waals surface area contributed by atoms with Crippen LogP contribution in [0.15, 0.2) is 0 Å². The first-order valence-electron chi connectivity index (χ1n) is 3.99. The Morgan fingerprint density at radius 3 is 2.33 bits per heavy atom. The Kier molecular flexibility index (Phi) is 5.25. The van der Waals surface area contributed by atoms with E-state index in [-0.39, 0.29) is 0 Å². The van der Waals surface area contributed by atoms with Crippen LogP contribution >= 0.6 is 11.6 Å². The van der Waals surface area contributed by atoms with Gasteiger partial charge in [-0.2, -0.15) is 0 Å². The van der Waals surface area contributed by atoms with E-state index in [1.54, 1.807) is 0 Å². The number of carboxylic acid groups (broad SMARTS) is 1. The van der Waals surface area contributed by atoms with Crippen LogP contribution < -0.4 is 0 Å². The lowest BCUT2D eigenvalue weighted by Gasteiger charge is -2.19. The molecule has 0 aliphatic rings. The molecule has 4 heteroatoms. The molecule has 0 radical (unpaired) electrons. The third kappa shape index (κ3) is 5.38. The first kappa shape index (κ1) is 11.7. The van der Waals surface area contributed by atoms with E-state index in [0.29, 0.717) is 12.5 Å². The summed E-state index contributed by atoms with van der Waals surface area (Å²) in [5.41, 5.74) is 0. The summed E-state index contributed by atoms with van der Waals surface area (Å²) in [5.74, 6) is -0.417. The standard InChI is InChI=1S/C8H16ClNO2/c1-6(2)4-10(3)5-7(9)8(11)12/h6-7H,4-5H2,1-3H3,(H,11,12). The summed E-state index contributed by atoms with van der Waals surface area (Å²) < 4.78 is 0. The average Bonchev–Trinajstić information content (AvgIpc) is 1.84. The molecule has 1 N–H and O–H groups in total. The molecule has 0 aliphatic heterocycles. The second kappa shape index (κ2) is 5.38. The van der Waals surface area contributed by atoms with Crippen molar-refractivity contribution in [1.29, 1.82) is 0 Å². The molecule has 72 valence electrons. The van der Waals surface area contributed by atoms with Crippen LogP contribution in [0.2, 0.25) is 0 Å². The Labute approximate surface area is 78.3 Å². The van der Waals surface area contributed by atoms with Crippen LogP contribution in [-0.4, -0.2) is 41.5 Å². The predicted octanol–water partition coefficient (Wildman–Crippen LogP) is 1.27. The smallest absolute Gasteiger partial charge is 0.322 e. The molecule has 0 aromatic carbocycles. The Bertz CT molecular complexity index is 150. The zero-order valence-corrected chi connectivity index (χ0v) is 8.51. The van der Waals surface area contributed by atoms with Crippen molar-refractivity contribution >= 4 is 17.6 Å². The second-order valence-corrected chi connectivity index (χ2v) is 3.95. The molecule has 0 aromatic rings. The van der Waals surface area contributed by atoms with Gasteiger partial charge in [-0.05, 0) is 13.0 Å². The van der Waals surface area contributed by atoms with Crippen LogP contribution in [0.3, 0.4) is 0 Å². The van der Waals surface area contributed by atoms with Gasteiger partial charge in [-0.25, -0.2) is 0 Å². The molecule has 0 aliphatic carbocycles. The minimum atomic E-state index is -0.952. The molecule has 0 rings (SSSR count). The van der Waals surface area contributed by atoms with Crippen molar-refractivity contribution in [1.82, 2.24) is 4.90 Å². The molecule has 0 heterocycles. The predicted molar refractivity (Wildman–Crippen MR) is 49.6 cm³/mol. The maximum Gasteiger partial charge on any atom is 0.322 e. The molecule has 0 aromatic heterocycles. The molecule has 1 atom stereocenters. The number of hydrogen-bond donors (Lipinski definition) is 1. The van der Waals surface area contributed by atoms with Gasteiger partial charge in [0, 0.05) is 13.1 Å². The van der Waals surface area contributed by atoms with Crippen LogP contribution in [0.25, 0.3) is 0 Å². The van der Waals surface area contributed by atoms with Gasteiger partial charge >= 0.3 is 5.97 Å². The minimum Gasteiger partial charge on any atom is -0.480 e. The van der Waals surface area contributed by atoms with Crippen LogP contribution in [0.5, 0.6) is 0 Å². The lowest BCUT2D eigenvalue weighted by atomic mass is 10.2. The van der Waals surface area contributed by atoms with E-state index in [0.717, 1.165) is 6.54 Å². The first-order valence-corrected chi connectivity index (χ1v) is 4.42. The third-order valence-electron chi connectivity index (χ3n) is 1.42. The van der Waals surface area contributed by atoms with E-state index >= 15 is 0 Å². The minimum absolute atomic E-state index is 0.398. The van der Waals surface area contributed by atoms with Crippen molar-refractivity contribution in [2.75, 3.05) is 20.1 Å². The molecule has 3 nitrogen and oxygen atoms in total. The molecular weight excluding hydrogens is 178 g/mol. The van der Waals surface area contributed by atoms with E-state index in [4.69, 9.17) is 16.7 Å². The molecule has 0 saturated heterocycles. The Morgan fingerprint density at radius 2 is 2.00 bits per heavy atom. The summed E-state index contributed by atoms with van der Waals surface area (Å²) in [7, 11) is 1.87. The van der Waals surface area contributed by atoms with Gasteiger partial charge in [0.1, 0.15) is 5.38 Å². The van der Waals surface area contributed by atoms with Gasteiger partial charge in [0.2, 0.25) is 0 Å². The third-order valence-corrected chi connectivity index (χ3v) is 1.74. The summed E-state index contributed by atoms with van der Waals surface area (Å²) in [6.07, 6.45) is 0. The quantitative estimate of drug-likeness (QED) is 0.669. The van der Waals surface area contributed by atoms with Crippen LogP contribution in [0, 0.1) is 5.92 Å². The lowest BCUT2D eigenvalue weighted by Crippen LogP contribution is -2.33. The number of rotatable bonds is 5. The number of hydrogen-bond acceptors (Lipinski definition) is 2. The molecular formula is C8H16ClNO2. The summed E-state index contributed by atoms with van der Waals surface area (Å²) in [4.78, 5) is 12.3. The highest BCUT2D eigenvalue weighted by molar-refractivity contribution is 6.29. The van der Waals surface area contributed by atoms with Crippen molar-refractivity contribution in [3.05, 3.63) is 0 Å². The number of halogens is 1. The number of nitrogens with zero attached hydrogens (tertiary/aromatic N) is 1. The fraction of sp³-hybridized carbons (Fsp3) is 0.875. The normalized spacial score (nSPS) is 13.8. The zero-order chi connectivity index (χ0) is 9.72. The lowest BCUT2D eigenvalue weighted by molar-refractivity contribution is -0.136. The number of carbonyl (C=O) groups is 1. The zero-order valence-electron chi connectivity index (χ0n) is 7.75. The van der Waals surface area contributed by atoms with Crippen LogP contribution in [0.1, 0.15) is 13.8 Å². The summed E-state index contributed by atoms with van der Waals surface area (Å²) >= 11 is 5.55. The van der Waals surface area contributed by atoms with Gasteiger partial charge in [0.25, 0.3) is 0 Å². The highest BCUT2D eigenvalue weighted by Crippen LogP contribution is 2.01. The molecule has 1 unspecified atom stereocenters. The van der Waals surface area contributed by atoms with E-state index in [1.165, 1.54) is 0 Å². The van der Waals surface area contributed by atoms with Crippen molar-refractivity contribution in [2.45, 2.75) is 19.2 Å². The molecule has 0 saturated carbocycles. The first-order chi connectivity index (χ1) is 5.43. The average molecular weight is 194 g/mol. The molecule has 0 amide bonds. The largest absolute Gasteiger partial charge is 0.480 e. The van der Waals surface area contributed by atoms with Crippen molar-refractivity contribution in [3.8, 4) is 0 Å². The molecule has 0 bridgehead atoms. The monoisotopic (exact) mass is 193 g/mol. The summed E-state index contributed by atoms with van der Waals surface area (Å²) in [6, 6.07) is 0. The fourth-order valence-corrected chi connectivity index (χ4v) is 1.29. The number of aliphatic carboxylic acids is 1. The Morgan fingerprint density at radius 1 is 1.50 bits per heavy atom. The molecule has 0 spiro atoms. The maximum atomic E-state index is 10.4. The van der Waals surface area contributed by atoms with Crippen molar-refractivity contribution in [3.63, 3.8) is 0 Å². The van der Waals surface area contributed by atoms with Crippen LogP contribution in [-0.2, 0) is 4.79 Å². The van der Waals surface area contributed by atoms with E-state index in [1.807, 2.05) is 11.9 Å². The molecule has 12 heavy (non-hydrogen) atoms. The van der Waals surface area contributed by atoms with Gasteiger partial charge in [-0.3, -0.25) is 4.79 Å². The number of alkyl halides is 1. The summed E-state index contributed by atoms with van der Waals surface area (Å²) in [6.45, 7) is 5.44. The maximum absolute atomic E-state index is 10.4. The van der Waals surface area contributed by atoms with E-state index in [9.17, 15) is 4.79 Å². The highest BCUT2D eigenvalue weighted by Gasteiger charge is 2.15. The van der Waals surface area contributed by atoms with Gasteiger partial charge in [-0.1, -0.05) is 13.8 Å². The van der Waals surface area contributed by atoms with E-state index < -0.39 is 11.3 Å². The number of carboxylic acids is 1. The van der Waals surface area contributed by atoms with Gasteiger partial charge in [-0.15, -0.1) is 11.6 Å². The fourth-order valence-electron chi connectivity index (χ4n) is 1.05. The van der Waals surface area contributed by atoms with Gasteiger partial charge < -0.3 is 10.0 Å². The van der Waals surface area contributed by atoms with Gasteiger partial charge in [0.15, 0.2) is 0 Å².